The van der Waals surface area contributed by atoms with Gasteiger partial charge in [0.1, 0.15) is 0 Å². The van der Waals surface area contributed by atoms with Gasteiger partial charge in [-0.3, -0.25) is 4.79 Å². The SMILES string of the molecule is Cc1ccccc1-n1nc(C(=O)N2CCC2C(F)F)c2c1CCC2. The molecule has 1 fully saturated rings. The van der Waals surface area contributed by atoms with Crippen LogP contribution in [-0.2, 0) is 12.8 Å². The van der Waals surface area contributed by atoms with Crippen LogP contribution in [0.4, 0.5) is 8.78 Å². The summed E-state index contributed by atoms with van der Waals surface area (Å²) in [5.41, 5.74) is 4.35. The van der Waals surface area contributed by atoms with Crippen LogP contribution in [0.3, 0.4) is 0 Å². The van der Waals surface area contributed by atoms with Gasteiger partial charge in [-0.1, -0.05) is 18.2 Å². The molecule has 1 aromatic heterocycles. The van der Waals surface area contributed by atoms with Crippen molar-refractivity contribution in [2.45, 2.75) is 45.1 Å². The Bertz CT molecular complexity index is 800. The van der Waals surface area contributed by atoms with Gasteiger partial charge in [0, 0.05) is 17.8 Å². The van der Waals surface area contributed by atoms with Gasteiger partial charge in [0.25, 0.3) is 12.3 Å². The predicted octanol–water partition coefficient (Wildman–Crippen LogP) is 3.15. The molecule has 1 saturated heterocycles. The first kappa shape index (κ1) is 15.3. The molecule has 0 bridgehead atoms. The number of hydrogen-bond acceptors (Lipinski definition) is 2. The summed E-state index contributed by atoms with van der Waals surface area (Å²) in [6.07, 6.45) is 0.494. The summed E-state index contributed by atoms with van der Waals surface area (Å²) in [4.78, 5) is 14.0. The van der Waals surface area contributed by atoms with E-state index in [2.05, 4.69) is 5.10 Å². The summed E-state index contributed by atoms with van der Waals surface area (Å²) < 4.78 is 27.8. The van der Waals surface area contributed by atoms with Crippen molar-refractivity contribution in [3.8, 4) is 5.69 Å². The summed E-state index contributed by atoms with van der Waals surface area (Å²) in [6, 6.07) is 6.91. The van der Waals surface area contributed by atoms with Crippen LogP contribution in [0.1, 0.15) is 40.2 Å². The molecular weight excluding hydrogens is 312 g/mol. The largest absolute Gasteiger partial charge is 0.328 e. The lowest BCUT2D eigenvalue weighted by molar-refractivity contribution is -0.0223. The Hall–Kier alpha value is -2.24. The number of rotatable bonds is 3. The van der Waals surface area contributed by atoms with Crippen LogP contribution in [0.5, 0.6) is 0 Å². The van der Waals surface area contributed by atoms with Crippen molar-refractivity contribution in [3.63, 3.8) is 0 Å². The predicted molar refractivity (Wildman–Crippen MR) is 85.8 cm³/mol. The van der Waals surface area contributed by atoms with Crippen molar-refractivity contribution in [2.75, 3.05) is 6.54 Å². The molecule has 1 aliphatic carbocycles. The molecule has 1 unspecified atom stereocenters. The molecule has 0 saturated carbocycles. The van der Waals surface area contributed by atoms with E-state index in [9.17, 15) is 13.6 Å². The summed E-state index contributed by atoms with van der Waals surface area (Å²) in [7, 11) is 0. The number of amides is 1. The maximum atomic E-state index is 13.0. The molecular formula is C18H19F2N3O. The second-order valence-electron chi connectivity index (χ2n) is 6.51. The Balaban J connectivity index is 1.75. The Labute approximate surface area is 139 Å². The van der Waals surface area contributed by atoms with Crippen molar-refractivity contribution < 1.29 is 13.6 Å². The lowest BCUT2D eigenvalue weighted by atomic mass is 10.0. The van der Waals surface area contributed by atoms with Crippen LogP contribution in [0, 0.1) is 6.92 Å². The lowest BCUT2D eigenvalue weighted by Crippen LogP contribution is -2.54. The highest BCUT2D eigenvalue weighted by molar-refractivity contribution is 5.95. The minimum absolute atomic E-state index is 0.350. The van der Waals surface area contributed by atoms with E-state index in [1.807, 2.05) is 35.9 Å². The standard InChI is InChI=1S/C18H19F2N3O/c1-11-5-2-3-7-13(11)23-14-8-4-6-12(14)16(21-23)18(24)22-10-9-15(22)17(19)20/h2-3,5,7,15,17H,4,6,8-10H2,1H3. The molecule has 1 atom stereocenters. The minimum Gasteiger partial charge on any atom is -0.328 e. The average molecular weight is 331 g/mol. The summed E-state index contributed by atoms with van der Waals surface area (Å²) in [5, 5.41) is 4.54. The molecule has 0 N–H and O–H groups in total. The van der Waals surface area contributed by atoms with Crippen LogP contribution in [-0.4, -0.2) is 39.6 Å². The highest BCUT2D eigenvalue weighted by atomic mass is 19.3. The van der Waals surface area contributed by atoms with Gasteiger partial charge in [-0.05, 0) is 44.2 Å². The molecule has 4 nitrogen and oxygen atoms in total. The fourth-order valence-corrected chi connectivity index (χ4v) is 3.67. The van der Waals surface area contributed by atoms with Gasteiger partial charge in [0.05, 0.1) is 11.7 Å². The maximum absolute atomic E-state index is 13.0. The van der Waals surface area contributed by atoms with Crippen molar-refractivity contribution >= 4 is 5.91 Å². The number of carbonyl (C=O) groups is 1. The molecule has 24 heavy (non-hydrogen) atoms. The highest BCUT2D eigenvalue weighted by Crippen LogP contribution is 2.32. The van der Waals surface area contributed by atoms with Gasteiger partial charge in [-0.15, -0.1) is 0 Å². The normalized spacial score (nSPS) is 19.5. The molecule has 0 radical (unpaired) electrons. The molecule has 1 aromatic carbocycles. The molecule has 2 heterocycles. The molecule has 2 aromatic rings. The first-order valence-corrected chi connectivity index (χ1v) is 8.34. The smallest absolute Gasteiger partial charge is 0.275 e. The van der Waals surface area contributed by atoms with Crippen molar-refractivity contribution in [1.82, 2.24) is 14.7 Å². The van der Waals surface area contributed by atoms with E-state index in [4.69, 9.17) is 0 Å². The van der Waals surface area contributed by atoms with Gasteiger partial charge < -0.3 is 4.90 Å². The number of hydrogen-bond donors (Lipinski definition) is 0. The monoisotopic (exact) mass is 331 g/mol. The Morgan fingerprint density at radius 3 is 2.75 bits per heavy atom. The highest BCUT2D eigenvalue weighted by Gasteiger charge is 2.41. The molecule has 1 aliphatic heterocycles. The van der Waals surface area contributed by atoms with E-state index >= 15 is 0 Å². The van der Waals surface area contributed by atoms with E-state index < -0.39 is 12.5 Å². The zero-order valence-electron chi connectivity index (χ0n) is 13.5. The first-order chi connectivity index (χ1) is 11.6. The zero-order valence-corrected chi connectivity index (χ0v) is 13.5. The minimum atomic E-state index is -2.49. The summed E-state index contributed by atoms with van der Waals surface area (Å²) in [5.74, 6) is -0.350. The Morgan fingerprint density at radius 2 is 2.08 bits per heavy atom. The van der Waals surface area contributed by atoms with Crippen LogP contribution in [0.15, 0.2) is 24.3 Å². The Kier molecular flexibility index (Phi) is 3.62. The zero-order chi connectivity index (χ0) is 16.8. The molecule has 126 valence electrons. The van der Waals surface area contributed by atoms with Crippen LogP contribution >= 0.6 is 0 Å². The van der Waals surface area contributed by atoms with E-state index in [0.717, 1.165) is 41.8 Å². The number of alkyl halides is 2. The number of nitrogens with zero attached hydrogens (tertiary/aromatic N) is 3. The number of likely N-dealkylation sites (tertiary alicyclic amines) is 1. The fourth-order valence-electron chi connectivity index (χ4n) is 3.67. The van der Waals surface area contributed by atoms with Gasteiger partial charge in [0.2, 0.25) is 0 Å². The number of benzene rings is 1. The van der Waals surface area contributed by atoms with Crippen LogP contribution in [0.2, 0.25) is 0 Å². The molecule has 4 rings (SSSR count). The second kappa shape index (κ2) is 5.69. The third-order valence-corrected chi connectivity index (χ3v) is 5.09. The fraction of sp³-hybridized carbons (Fsp3) is 0.444. The van der Waals surface area contributed by atoms with E-state index in [0.29, 0.717) is 18.7 Å². The number of carbonyl (C=O) groups excluding carboxylic acids is 1. The van der Waals surface area contributed by atoms with Crippen molar-refractivity contribution in [1.29, 1.82) is 0 Å². The molecule has 0 spiro atoms. The molecule has 1 amide bonds. The van der Waals surface area contributed by atoms with Gasteiger partial charge in [0.15, 0.2) is 5.69 Å². The van der Waals surface area contributed by atoms with Crippen molar-refractivity contribution in [2.24, 2.45) is 0 Å². The summed E-state index contributed by atoms with van der Waals surface area (Å²) >= 11 is 0. The number of aryl methyl sites for hydroxylation is 1. The molecule has 2 aliphatic rings. The maximum Gasteiger partial charge on any atom is 0.275 e. The number of aromatic nitrogens is 2. The second-order valence-corrected chi connectivity index (χ2v) is 6.51. The first-order valence-electron chi connectivity index (χ1n) is 8.34. The number of halogens is 2. The van der Waals surface area contributed by atoms with E-state index in [-0.39, 0.29) is 5.91 Å². The van der Waals surface area contributed by atoms with E-state index in [1.54, 1.807) is 0 Å². The van der Waals surface area contributed by atoms with Crippen LogP contribution in [0.25, 0.3) is 5.69 Å². The third kappa shape index (κ3) is 2.24. The quantitative estimate of drug-likeness (QED) is 0.866. The number of para-hydroxylation sites is 1. The van der Waals surface area contributed by atoms with Crippen LogP contribution < -0.4 is 0 Å². The van der Waals surface area contributed by atoms with Gasteiger partial charge in [-0.25, -0.2) is 13.5 Å². The van der Waals surface area contributed by atoms with Gasteiger partial charge in [-0.2, -0.15) is 5.10 Å². The lowest BCUT2D eigenvalue weighted by Gasteiger charge is -2.39. The Morgan fingerprint density at radius 1 is 1.29 bits per heavy atom. The topological polar surface area (TPSA) is 38.1 Å². The summed E-state index contributed by atoms with van der Waals surface area (Å²) in [6.45, 7) is 2.39. The van der Waals surface area contributed by atoms with Gasteiger partial charge >= 0.3 is 0 Å². The number of fused-ring (bicyclic) bond motifs is 1. The molecule has 6 heteroatoms. The average Bonchev–Trinajstić information content (AvgIpc) is 3.08. The third-order valence-electron chi connectivity index (χ3n) is 5.09. The van der Waals surface area contributed by atoms with Crippen molar-refractivity contribution in [3.05, 3.63) is 46.8 Å². The van der Waals surface area contributed by atoms with E-state index in [1.165, 1.54) is 4.90 Å².